The van der Waals surface area contributed by atoms with E-state index < -0.39 is 0 Å². The lowest BCUT2D eigenvalue weighted by molar-refractivity contribution is 0.251. The number of anilines is 2. The fourth-order valence-electron chi connectivity index (χ4n) is 3.24. The maximum Gasteiger partial charge on any atom is 0.336 e. The second-order valence-corrected chi connectivity index (χ2v) is 8.20. The molecule has 2 amide bonds. The Balaban J connectivity index is 1.52. The molecule has 0 saturated carbocycles. The molecule has 8 nitrogen and oxygen atoms in total. The number of hydrogen-bond donors (Lipinski definition) is 2. The fourth-order valence-corrected chi connectivity index (χ4v) is 3.24. The average Bonchev–Trinajstić information content (AvgIpc) is 3.28. The van der Waals surface area contributed by atoms with E-state index >= 15 is 0 Å². The van der Waals surface area contributed by atoms with Gasteiger partial charge in [-0.25, -0.2) is 13.9 Å². The normalized spacial score (nSPS) is 10.8. The molecule has 0 atom stereocenters. The SMILES string of the molecule is COc1ccc(NC(=O)Nc2ccc(-n3nc(OCC(C)C)nc3-c3cccc(F)c3)cc2)cc1. The number of nitrogens with zero attached hydrogens (tertiary/aromatic N) is 3. The number of rotatable bonds is 8. The van der Waals surface area contributed by atoms with Crippen molar-refractivity contribution in [3.8, 4) is 28.8 Å². The summed E-state index contributed by atoms with van der Waals surface area (Å²) in [5, 5.41) is 10.0. The standard InChI is InChI=1S/C26H26FN5O3/c1-17(2)16-35-26-30-24(18-5-4-6-19(27)15-18)32(31-26)22-11-7-20(8-12-22)28-25(33)29-21-9-13-23(34-3)14-10-21/h4-15,17H,16H2,1-3H3,(H2,28,29,33). The highest BCUT2D eigenvalue weighted by atomic mass is 19.1. The van der Waals surface area contributed by atoms with Crippen LogP contribution in [0.15, 0.2) is 72.8 Å². The summed E-state index contributed by atoms with van der Waals surface area (Å²) in [5.41, 5.74) is 2.47. The van der Waals surface area contributed by atoms with Gasteiger partial charge >= 0.3 is 12.0 Å². The van der Waals surface area contributed by atoms with Crippen molar-refractivity contribution in [3.05, 3.63) is 78.6 Å². The topological polar surface area (TPSA) is 90.3 Å². The molecule has 180 valence electrons. The van der Waals surface area contributed by atoms with Crippen LogP contribution in [0.3, 0.4) is 0 Å². The van der Waals surface area contributed by atoms with E-state index in [4.69, 9.17) is 9.47 Å². The highest BCUT2D eigenvalue weighted by Crippen LogP contribution is 2.25. The summed E-state index contributed by atoms with van der Waals surface area (Å²) in [6.07, 6.45) is 0. The summed E-state index contributed by atoms with van der Waals surface area (Å²) in [6, 6.07) is 20.1. The Morgan fingerprint density at radius 2 is 1.66 bits per heavy atom. The number of hydrogen-bond acceptors (Lipinski definition) is 5. The summed E-state index contributed by atoms with van der Waals surface area (Å²) >= 11 is 0. The second-order valence-electron chi connectivity index (χ2n) is 8.20. The van der Waals surface area contributed by atoms with Crippen molar-refractivity contribution in [2.24, 2.45) is 5.92 Å². The zero-order chi connectivity index (χ0) is 24.8. The molecule has 9 heteroatoms. The molecule has 0 aliphatic heterocycles. The second kappa shape index (κ2) is 10.7. The quantitative estimate of drug-likeness (QED) is 0.338. The lowest BCUT2D eigenvalue weighted by atomic mass is 10.2. The van der Waals surface area contributed by atoms with E-state index in [9.17, 15) is 9.18 Å². The Hall–Kier alpha value is -4.40. The molecule has 0 fully saturated rings. The molecule has 35 heavy (non-hydrogen) atoms. The van der Waals surface area contributed by atoms with E-state index in [2.05, 4.69) is 20.7 Å². The van der Waals surface area contributed by atoms with Crippen molar-refractivity contribution in [2.45, 2.75) is 13.8 Å². The van der Waals surface area contributed by atoms with E-state index in [0.29, 0.717) is 46.7 Å². The van der Waals surface area contributed by atoms with Crippen molar-refractivity contribution in [3.63, 3.8) is 0 Å². The molecular formula is C26H26FN5O3. The molecule has 0 aliphatic carbocycles. The van der Waals surface area contributed by atoms with Crippen molar-refractivity contribution in [1.29, 1.82) is 0 Å². The molecular weight excluding hydrogens is 449 g/mol. The van der Waals surface area contributed by atoms with Gasteiger partial charge in [-0.05, 0) is 66.6 Å². The number of amides is 2. The first-order valence-electron chi connectivity index (χ1n) is 11.1. The molecule has 0 bridgehead atoms. The van der Waals surface area contributed by atoms with Gasteiger partial charge in [0.1, 0.15) is 11.6 Å². The van der Waals surface area contributed by atoms with Crippen molar-refractivity contribution in [2.75, 3.05) is 24.4 Å². The minimum Gasteiger partial charge on any atom is -0.497 e. The van der Waals surface area contributed by atoms with Crippen LogP contribution in [0.25, 0.3) is 17.1 Å². The predicted octanol–water partition coefficient (Wildman–Crippen LogP) is 5.76. The highest BCUT2D eigenvalue weighted by molar-refractivity contribution is 5.99. The van der Waals surface area contributed by atoms with Crippen molar-refractivity contribution >= 4 is 17.4 Å². The number of ether oxygens (including phenoxy) is 2. The first-order chi connectivity index (χ1) is 16.9. The highest BCUT2D eigenvalue weighted by Gasteiger charge is 2.16. The third-order valence-electron chi connectivity index (χ3n) is 4.93. The third kappa shape index (κ3) is 6.14. The van der Waals surface area contributed by atoms with Crippen LogP contribution in [0.2, 0.25) is 0 Å². The number of nitrogens with one attached hydrogen (secondary N) is 2. The Kier molecular flexibility index (Phi) is 7.25. The van der Waals surface area contributed by atoms with E-state index in [1.54, 1.807) is 72.5 Å². The monoisotopic (exact) mass is 475 g/mol. The van der Waals surface area contributed by atoms with Gasteiger partial charge in [-0.1, -0.05) is 26.0 Å². The molecule has 0 unspecified atom stereocenters. The number of halogens is 1. The first-order valence-corrected chi connectivity index (χ1v) is 11.1. The van der Waals surface area contributed by atoms with Gasteiger partial charge in [0.15, 0.2) is 5.82 Å². The van der Waals surface area contributed by atoms with E-state index in [0.717, 1.165) is 0 Å². The van der Waals surface area contributed by atoms with E-state index in [-0.39, 0.29) is 17.9 Å². The van der Waals surface area contributed by atoms with Crippen LogP contribution in [0.1, 0.15) is 13.8 Å². The maximum atomic E-state index is 13.9. The fraction of sp³-hybridized carbons (Fsp3) is 0.192. The van der Waals surface area contributed by atoms with Crippen molar-refractivity contribution in [1.82, 2.24) is 14.8 Å². The van der Waals surface area contributed by atoms with Crippen LogP contribution in [-0.2, 0) is 0 Å². The van der Waals surface area contributed by atoms with E-state index in [1.165, 1.54) is 12.1 Å². The van der Waals surface area contributed by atoms with Gasteiger partial charge in [0.2, 0.25) is 0 Å². The number of urea groups is 1. The molecule has 0 aliphatic rings. The average molecular weight is 476 g/mol. The zero-order valence-electron chi connectivity index (χ0n) is 19.7. The molecule has 4 aromatic rings. The lowest BCUT2D eigenvalue weighted by Crippen LogP contribution is -2.19. The third-order valence-corrected chi connectivity index (χ3v) is 4.93. The predicted molar refractivity (Wildman–Crippen MR) is 133 cm³/mol. The number of methoxy groups -OCH3 is 1. The Bertz CT molecular complexity index is 1290. The van der Waals surface area contributed by atoms with Gasteiger partial charge in [-0.2, -0.15) is 4.98 Å². The van der Waals surface area contributed by atoms with Crippen LogP contribution in [0.5, 0.6) is 11.8 Å². The van der Waals surface area contributed by atoms with Crippen LogP contribution in [0, 0.1) is 11.7 Å². The summed E-state index contributed by atoms with van der Waals surface area (Å²) in [4.78, 5) is 16.8. The smallest absolute Gasteiger partial charge is 0.336 e. The van der Waals surface area contributed by atoms with Crippen LogP contribution in [0.4, 0.5) is 20.6 Å². The Labute approximate surface area is 202 Å². The molecule has 0 saturated heterocycles. The Morgan fingerprint density at radius 1 is 1.00 bits per heavy atom. The summed E-state index contributed by atoms with van der Waals surface area (Å²) < 4.78 is 26.3. The van der Waals surface area contributed by atoms with Gasteiger partial charge in [0, 0.05) is 16.9 Å². The number of carbonyl (C=O) groups excluding carboxylic acids is 1. The van der Waals surface area contributed by atoms with E-state index in [1.807, 2.05) is 13.8 Å². The summed E-state index contributed by atoms with van der Waals surface area (Å²) in [5.74, 6) is 1.08. The van der Waals surface area contributed by atoms with Gasteiger partial charge in [-0.3, -0.25) is 0 Å². The lowest BCUT2D eigenvalue weighted by Gasteiger charge is -2.10. The number of carbonyl (C=O) groups is 1. The Morgan fingerprint density at radius 3 is 2.26 bits per heavy atom. The summed E-state index contributed by atoms with van der Waals surface area (Å²) in [6.45, 7) is 4.51. The molecule has 2 N–H and O–H groups in total. The number of aromatic nitrogens is 3. The molecule has 1 heterocycles. The van der Waals surface area contributed by atoms with Crippen molar-refractivity contribution < 1.29 is 18.7 Å². The molecule has 4 rings (SSSR count). The van der Waals surface area contributed by atoms with Crippen LogP contribution >= 0.6 is 0 Å². The van der Waals surface area contributed by atoms with Gasteiger partial charge in [0.25, 0.3) is 0 Å². The molecule has 0 radical (unpaired) electrons. The minimum atomic E-state index is -0.381. The molecule has 3 aromatic carbocycles. The zero-order valence-corrected chi connectivity index (χ0v) is 19.7. The molecule has 1 aromatic heterocycles. The largest absolute Gasteiger partial charge is 0.497 e. The maximum absolute atomic E-state index is 13.9. The molecule has 0 spiro atoms. The van der Waals surface area contributed by atoms with Crippen LogP contribution in [-0.4, -0.2) is 34.5 Å². The summed E-state index contributed by atoms with van der Waals surface area (Å²) in [7, 11) is 1.58. The van der Waals surface area contributed by atoms with Gasteiger partial charge in [-0.15, -0.1) is 5.10 Å². The van der Waals surface area contributed by atoms with Gasteiger partial charge in [0.05, 0.1) is 19.4 Å². The first kappa shape index (κ1) is 23.7. The van der Waals surface area contributed by atoms with Gasteiger partial charge < -0.3 is 20.1 Å². The number of benzene rings is 3. The minimum absolute atomic E-state index is 0.207. The van der Waals surface area contributed by atoms with Crippen LogP contribution < -0.4 is 20.1 Å².